The van der Waals surface area contributed by atoms with Gasteiger partial charge in [-0.05, 0) is 62.8 Å². The van der Waals surface area contributed by atoms with E-state index < -0.39 is 6.10 Å². The number of aryl methyl sites for hydroxylation is 2. The number of rotatable bonds is 6. The number of carbonyl (C=O) groups is 2. The van der Waals surface area contributed by atoms with Crippen molar-refractivity contribution in [3.8, 4) is 11.8 Å². The van der Waals surface area contributed by atoms with Crippen LogP contribution in [-0.4, -0.2) is 17.7 Å². The number of nitriles is 1. The predicted octanol–water partition coefficient (Wildman–Crippen LogP) is 2.88. The van der Waals surface area contributed by atoms with Crippen LogP contribution in [0, 0.1) is 37.0 Å². The summed E-state index contributed by atoms with van der Waals surface area (Å²) < 4.78 is 5.79. The van der Waals surface area contributed by atoms with Crippen molar-refractivity contribution in [1.29, 1.82) is 5.26 Å². The van der Waals surface area contributed by atoms with Gasteiger partial charge in [0.1, 0.15) is 5.75 Å². The van der Waals surface area contributed by atoms with Gasteiger partial charge < -0.3 is 4.74 Å². The Labute approximate surface area is 130 Å². The van der Waals surface area contributed by atoms with Crippen LogP contribution in [0.5, 0.6) is 5.75 Å². The summed E-state index contributed by atoms with van der Waals surface area (Å²) in [7, 11) is 0. The number of nitrogens with zero attached hydrogens (tertiary/aromatic N) is 1. The molecular formula is C18H19NO3. The minimum atomic E-state index is -0.966. The standard InChI is InChI=1S/C18H19NO3/c1-10-7-14(8-11(2)15(10)9-19)22-18(16(20)12-3-4-12)17(21)13-5-6-13/h7-8,12-13,18H,3-6H2,1-2H3. The highest BCUT2D eigenvalue weighted by Crippen LogP contribution is 2.37. The lowest BCUT2D eigenvalue weighted by Crippen LogP contribution is -2.38. The number of carbonyl (C=O) groups excluding carboxylic acids is 2. The fourth-order valence-corrected chi connectivity index (χ4v) is 2.72. The van der Waals surface area contributed by atoms with Crippen LogP contribution in [0.15, 0.2) is 12.1 Å². The van der Waals surface area contributed by atoms with Gasteiger partial charge in [-0.1, -0.05) is 0 Å². The van der Waals surface area contributed by atoms with Gasteiger partial charge in [0.05, 0.1) is 11.6 Å². The van der Waals surface area contributed by atoms with Crippen LogP contribution < -0.4 is 4.74 Å². The monoisotopic (exact) mass is 297 g/mol. The van der Waals surface area contributed by atoms with E-state index in [1.165, 1.54) is 0 Å². The fourth-order valence-electron chi connectivity index (χ4n) is 2.72. The van der Waals surface area contributed by atoms with E-state index in [0.29, 0.717) is 11.3 Å². The lowest BCUT2D eigenvalue weighted by Gasteiger charge is -2.18. The van der Waals surface area contributed by atoms with E-state index in [-0.39, 0.29) is 23.4 Å². The first-order valence-electron chi connectivity index (χ1n) is 7.76. The first-order valence-corrected chi connectivity index (χ1v) is 7.76. The van der Waals surface area contributed by atoms with Crippen molar-refractivity contribution < 1.29 is 14.3 Å². The Morgan fingerprint density at radius 3 is 1.91 bits per heavy atom. The predicted molar refractivity (Wildman–Crippen MR) is 80.5 cm³/mol. The molecule has 0 aromatic heterocycles. The van der Waals surface area contributed by atoms with Gasteiger partial charge >= 0.3 is 0 Å². The molecule has 0 saturated heterocycles. The summed E-state index contributed by atoms with van der Waals surface area (Å²) in [5.41, 5.74) is 2.22. The Hall–Kier alpha value is -2.15. The molecular weight excluding hydrogens is 278 g/mol. The third-order valence-electron chi connectivity index (χ3n) is 4.35. The molecule has 22 heavy (non-hydrogen) atoms. The lowest BCUT2D eigenvalue weighted by atomic mass is 10.0. The molecule has 0 aliphatic heterocycles. The first kappa shape index (κ1) is 14.8. The fraction of sp³-hybridized carbons (Fsp3) is 0.500. The zero-order chi connectivity index (χ0) is 15.9. The molecule has 4 heteroatoms. The zero-order valence-electron chi connectivity index (χ0n) is 12.9. The van der Waals surface area contributed by atoms with Crippen LogP contribution in [-0.2, 0) is 9.59 Å². The highest BCUT2D eigenvalue weighted by Gasteiger charge is 2.44. The normalized spacial score (nSPS) is 17.2. The maximum Gasteiger partial charge on any atom is 0.215 e. The molecule has 0 unspecified atom stereocenters. The Morgan fingerprint density at radius 1 is 1.09 bits per heavy atom. The topological polar surface area (TPSA) is 67.2 Å². The molecule has 114 valence electrons. The molecule has 2 fully saturated rings. The smallest absolute Gasteiger partial charge is 0.215 e. The van der Waals surface area contributed by atoms with Gasteiger partial charge in [-0.25, -0.2) is 0 Å². The first-order chi connectivity index (χ1) is 10.5. The van der Waals surface area contributed by atoms with Crippen molar-refractivity contribution in [1.82, 2.24) is 0 Å². The summed E-state index contributed by atoms with van der Waals surface area (Å²) in [6.45, 7) is 3.66. The molecule has 2 saturated carbocycles. The minimum Gasteiger partial charge on any atom is -0.475 e. The van der Waals surface area contributed by atoms with Crippen molar-refractivity contribution >= 4 is 11.6 Å². The van der Waals surface area contributed by atoms with Crippen molar-refractivity contribution in [3.63, 3.8) is 0 Å². The molecule has 0 radical (unpaired) electrons. The Bertz CT molecular complexity index is 631. The third-order valence-corrected chi connectivity index (χ3v) is 4.35. The maximum absolute atomic E-state index is 12.4. The number of benzene rings is 1. The van der Waals surface area contributed by atoms with E-state index in [4.69, 9.17) is 10.00 Å². The van der Waals surface area contributed by atoms with Crippen LogP contribution in [0.25, 0.3) is 0 Å². The molecule has 4 nitrogen and oxygen atoms in total. The van der Waals surface area contributed by atoms with Gasteiger partial charge in [-0.2, -0.15) is 5.26 Å². The largest absolute Gasteiger partial charge is 0.475 e. The molecule has 0 spiro atoms. The number of hydrogen-bond acceptors (Lipinski definition) is 4. The van der Waals surface area contributed by atoms with Gasteiger partial charge in [-0.15, -0.1) is 0 Å². The Balaban J connectivity index is 1.85. The van der Waals surface area contributed by atoms with Gasteiger partial charge in [0.2, 0.25) is 6.10 Å². The SMILES string of the molecule is Cc1cc(OC(C(=O)C2CC2)C(=O)C2CC2)cc(C)c1C#N. The molecule has 0 heterocycles. The summed E-state index contributed by atoms with van der Waals surface area (Å²) in [5, 5.41) is 9.11. The zero-order valence-corrected chi connectivity index (χ0v) is 12.9. The second-order valence-electron chi connectivity index (χ2n) is 6.40. The van der Waals surface area contributed by atoms with Crippen LogP contribution in [0.3, 0.4) is 0 Å². The summed E-state index contributed by atoms with van der Waals surface area (Å²) in [4.78, 5) is 24.8. The van der Waals surface area contributed by atoms with E-state index in [0.717, 1.165) is 36.8 Å². The highest BCUT2D eigenvalue weighted by atomic mass is 16.5. The van der Waals surface area contributed by atoms with Crippen molar-refractivity contribution in [2.75, 3.05) is 0 Å². The minimum absolute atomic E-state index is 0.00623. The number of hydrogen-bond donors (Lipinski definition) is 0. The Kier molecular flexibility index (Phi) is 3.74. The van der Waals surface area contributed by atoms with Crippen LogP contribution in [0.1, 0.15) is 42.4 Å². The van der Waals surface area contributed by atoms with Crippen molar-refractivity contribution in [2.24, 2.45) is 11.8 Å². The molecule has 0 N–H and O–H groups in total. The van der Waals surface area contributed by atoms with E-state index in [9.17, 15) is 9.59 Å². The molecule has 0 amide bonds. The summed E-state index contributed by atoms with van der Waals surface area (Å²) in [5.74, 6) is 0.344. The van der Waals surface area contributed by atoms with Gasteiger partial charge in [0.15, 0.2) is 11.6 Å². The Morgan fingerprint density at radius 2 is 1.55 bits per heavy atom. The quantitative estimate of drug-likeness (QED) is 0.757. The van der Waals surface area contributed by atoms with Crippen LogP contribution >= 0.6 is 0 Å². The number of ketones is 2. The van der Waals surface area contributed by atoms with Crippen LogP contribution in [0.4, 0.5) is 0 Å². The second-order valence-corrected chi connectivity index (χ2v) is 6.40. The van der Waals surface area contributed by atoms with E-state index in [2.05, 4.69) is 6.07 Å². The van der Waals surface area contributed by atoms with Gasteiger partial charge in [-0.3, -0.25) is 9.59 Å². The number of ether oxygens (including phenoxy) is 1. The molecule has 3 rings (SSSR count). The average molecular weight is 297 g/mol. The lowest BCUT2D eigenvalue weighted by molar-refractivity contribution is -0.138. The van der Waals surface area contributed by atoms with Crippen molar-refractivity contribution in [3.05, 3.63) is 28.8 Å². The van der Waals surface area contributed by atoms with E-state index in [1.807, 2.05) is 13.8 Å². The molecule has 2 aliphatic rings. The van der Waals surface area contributed by atoms with E-state index in [1.54, 1.807) is 12.1 Å². The van der Waals surface area contributed by atoms with Crippen molar-refractivity contribution in [2.45, 2.75) is 45.6 Å². The molecule has 1 aromatic rings. The van der Waals surface area contributed by atoms with E-state index >= 15 is 0 Å². The molecule has 1 aromatic carbocycles. The van der Waals surface area contributed by atoms with Gasteiger partial charge in [0, 0.05) is 11.8 Å². The second kappa shape index (κ2) is 5.57. The molecule has 0 bridgehead atoms. The summed E-state index contributed by atoms with van der Waals surface area (Å²) >= 11 is 0. The van der Waals surface area contributed by atoms with Crippen LogP contribution in [0.2, 0.25) is 0 Å². The maximum atomic E-state index is 12.4. The summed E-state index contributed by atoms with van der Waals surface area (Å²) in [6, 6.07) is 5.63. The third kappa shape index (κ3) is 2.89. The summed E-state index contributed by atoms with van der Waals surface area (Å²) in [6.07, 6.45) is 2.49. The number of Topliss-reactive ketones (excluding diaryl/α,β-unsaturated/α-hetero) is 2. The average Bonchev–Trinajstić information content (AvgIpc) is 3.36. The van der Waals surface area contributed by atoms with Gasteiger partial charge in [0.25, 0.3) is 0 Å². The molecule has 0 atom stereocenters. The highest BCUT2D eigenvalue weighted by molar-refractivity contribution is 6.08. The molecule has 2 aliphatic carbocycles.